The third-order valence-electron chi connectivity index (χ3n) is 4.10. The molecule has 0 aliphatic carbocycles. The Balaban J connectivity index is 2.03. The van der Waals surface area contributed by atoms with Crippen molar-refractivity contribution in [3.8, 4) is 0 Å². The Bertz CT molecular complexity index is 265. The molecule has 1 rings (SSSR count). The molecule has 21 heavy (non-hydrogen) atoms. The molecule has 1 fully saturated rings. The summed E-state index contributed by atoms with van der Waals surface area (Å²) < 4.78 is 10.6. The molecule has 2 atom stereocenters. The second-order valence-corrected chi connectivity index (χ2v) is 6.01. The third-order valence-corrected chi connectivity index (χ3v) is 4.10. The van der Waals surface area contributed by atoms with E-state index in [1.807, 2.05) is 0 Å². The highest BCUT2D eigenvalue weighted by molar-refractivity contribution is 5.60. The predicted octanol–water partition coefficient (Wildman–Crippen LogP) is 4.77. The SMILES string of the molecule is CCCCCCCCCC(CC)OC(=O)OC1CCCN1. The molecule has 0 aromatic rings. The molecule has 1 heterocycles. The first kappa shape index (κ1) is 18.3. The maximum atomic E-state index is 11.7. The molecular weight excluding hydrogens is 266 g/mol. The summed E-state index contributed by atoms with van der Waals surface area (Å²) in [4.78, 5) is 11.7. The Kier molecular flexibility index (Phi) is 10.3. The topological polar surface area (TPSA) is 47.6 Å². The molecule has 1 saturated heterocycles. The Morgan fingerprint density at radius 3 is 2.48 bits per heavy atom. The van der Waals surface area contributed by atoms with Crippen LogP contribution in [0, 0.1) is 0 Å². The fraction of sp³-hybridized carbons (Fsp3) is 0.941. The Hall–Kier alpha value is -0.770. The Morgan fingerprint density at radius 1 is 1.14 bits per heavy atom. The zero-order valence-corrected chi connectivity index (χ0v) is 13.9. The van der Waals surface area contributed by atoms with Crippen LogP contribution >= 0.6 is 0 Å². The second kappa shape index (κ2) is 11.8. The first-order valence-corrected chi connectivity index (χ1v) is 8.86. The van der Waals surface area contributed by atoms with E-state index >= 15 is 0 Å². The molecule has 2 unspecified atom stereocenters. The minimum absolute atomic E-state index is 0.00884. The summed E-state index contributed by atoms with van der Waals surface area (Å²) in [7, 11) is 0. The van der Waals surface area contributed by atoms with Crippen molar-refractivity contribution in [1.29, 1.82) is 0 Å². The molecule has 0 radical (unpaired) electrons. The van der Waals surface area contributed by atoms with Gasteiger partial charge in [0.2, 0.25) is 0 Å². The van der Waals surface area contributed by atoms with Crippen LogP contribution in [0.2, 0.25) is 0 Å². The lowest BCUT2D eigenvalue weighted by Gasteiger charge is -2.18. The van der Waals surface area contributed by atoms with Gasteiger partial charge < -0.3 is 9.47 Å². The van der Waals surface area contributed by atoms with Crippen LogP contribution < -0.4 is 5.32 Å². The third kappa shape index (κ3) is 8.97. The van der Waals surface area contributed by atoms with Crippen molar-refractivity contribution in [3.05, 3.63) is 0 Å². The van der Waals surface area contributed by atoms with Gasteiger partial charge in [0, 0.05) is 0 Å². The first-order valence-electron chi connectivity index (χ1n) is 8.86. The summed E-state index contributed by atoms with van der Waals surface area (Å²) in [5, 5.41) is 3.13. The van der Waals surface area contributed by atoms with Gasteiger partial charge >= 0.3 is 6.16 Å². The summed E-state index contributed by atoms with van der Waals surface area (Å²) in [6.07, 6.45) is 12.1. The Labute approximate surface area is 130 Å². The fourth-order valence-electron chi connectivity index (χ4n) is 2.71. The number of rotatable bonds is 11. The summed E-state index contributed by atoms with van der Waals surface area (Å²) in [6.45, 7) is 5.23. The molecule has 1 N–H and O–H groups in total. The molecule has 1 aliphatic heterocycles. The molecule has 0 aromatic carbocycles. The smallest absolute Gasteiger partial charge is 0.431 e. The second-order valence-electron chi connectivity index (χ2n) is 6.01. The highest BCUT2D eigenvalue weighted by atomic mass is 16.7. The van der Waals surface area contributed by atoms with Gasteiger partial charge in [0.1, 0.15) is 6.10 Å². The number of carbonyl (C=O) groups is 1. The van der Waals surface area contributed by atoms with Gasteiger partial charge in [-0.15, -0.1) is 0 Å². The molecule has 4 heteroatoms. The minimum atomic E-state index is -0.510. The molecular formula is C17H33NO3. The average molecular weight is 299 g/mol. The van der Waals surface area contributed by atoms with Crippen LogP contribution in [0.15, 0.2) is 0 Å². The number of hydrogen-bond acceptors (Lipinski definition) is 4. The van der Waals surface area contributed by atoms with E-state index in [0.29, 0.717) is 0 Å². The van der Waals surface area contributed by atoms with Crippen molar-refractivity contribution in [2.75, 3.05) is 6.54 Å². The van der Waals surface area contributed by atoms with E-state index in [0.717, 1.165) is 38.6 Å². The monoisotopic (exact) mass is 299 g/mol. The van der Waals surface area contributed by atoms with Gasteiger partial charge in [-0.2, -0.15) is 0 Å². The summed E-state index contributed by atoms with van der Waals surface area (Å²) in [5.41, 5.74) is 0. The van der Waals surface area contributed by atoms with Crippen LogP contribution in [0.5, 0.6) is 0 Å². The zero-order chi connectivity index (χ0) is 15.3. The highest BCUT2D eigenvalue weighted by Gasteiger charge is 2.21. The van der Waals surface area contributed by atoms with Crippen LogP contribution in [0.4, 0.5) is 4.79 Å². The van der Waals surface area contributed by atoms with Gasteiger partial charge in [-0.25, -0.2) is 4.79 Å². The number of hydrogen-bond donors (Lipinski definition) is 1. The molecule has 0 bridgehead atoms. The number of nitrogens with one attached hydrogen (secondary N) is 1. The van der Waals surface area contributed by atoms with Gasteiger partial charge in [-0.3, -0.25) is 5.32 Å². The van der Waals surface area contributed by atoms with Crippen molar-refractivity contribution in [2.24, 2.45) is 0 Å². The largest absolute Gasteiger partial charge is 0.510 e. The van der Waals surface area contributed by atoms with E-state index in [-0.39, 0.29) is 12.3 Å². The molecule has 0 aromatic heterocycles. The van der Waals surface area contributed by atoms with Crippen LogP contribution in [0.1, 0.15) is 84.5 Å². The van der Waals surface area contributed by atoms with Crippen LogP contribution in [-0.2, 0) is 9.47 Å². The molecule has 0 amide bonds. The maximum Gasteiger partial charge on any atom is 0.510 e. The molecule has 0 spiro atoms. The molecule has 0 saturated carbocycles. The van der Waals surface area contributed by atoms with E-state index in [1.54, 1.807) is 0 Å². The van der Waals surface area contributed by atoms with Crippen LogP contribution in [0.3, 0.4) is 0 Å². The number of ether oxygens (including phenoxy) is 2. The summed E-state index contributed by atoms with van der Waals surface area (Å²) in [5.74, 6) is 0. The lowest BCUT2D eigenvalue weighted by molar-refractivity contribution is -0.00879. The van der Waals surface area contributed by atoms with Gasteiger partial charge in [-0.1, -0.05) is 52.4 Å². The summed E-state index contributed by atoms with van der Waals surface area (Å²) >= 11 is 0. The quantitative estimate of drug-likeness (QED) is 0.441. The van der Waals surface area contributed by atoms with Crippen LogP contribution in [0.25, 0.3) is 0 Å². The van der Waals surface area contributed by atoms with Gasteiger partial charge in [0.05, 0.1) is 0 Å². The number of unbranched alkanes of at least 4 members (excludes halogenated alkanes) is 6. The molecule has 4 nitrogen and oxygen atoms in total. The number of carbonyl (C=O) groups excluding carboxylic acids is 1. The van der Waals surface area contributed by atoms with Crippen molar-refractivity contribution in [1.82, 2.24) is 5.32 Å². The van der Waals surface area contributed by atoms with Gasteiger partial charge in [0.15, 0.2) is 6.23 Å². The van der Waals surface area contributed by atoms with E-state index < -0.39 is 6.16 Å². The first-order chi connectivity index (χ1) is 10.3. The van der Waals surface area contributed by atoms with Crippen LogP contribution in [-0.4, -0.2) is 25.0 Å². The molecule has 1 aliphatic rings. The normalized spacial score (nSPS) is 19.4. The van der Waals surface area contributed by atoms with Gasteiger partial charge in [0.25, 0.3) is 0 Å². The average Bonchev–Trinajstić information content (AvgIpc) is 2.97. The highest BCUT2D eigenvalue weighted by Crippen LogP contribution is 2.15. The maximum absolute atomic E-state index is 11.7. The van der Waals surface area contributed by atoms with E-state index in [9.17, 15) is 4.79 Å². The van der Waals surface area contributed by atoms with Crippen molar-refractivity contribution in [2.45, 2.75) is 96.8 Å². The predicted molar refractivity (Wildman–Crippen MR) is 85.3 cm³/mol. The standard InChI is InChI=1S/C17H33NO3/c1-3-5-6-7-8-9-10-12-15(4-2)20-17(19)21-16-13-11-14-18-16/h15-16,18H,3-14H2,1-2H3. The zero-order valence-electron chi connectivity index (χ0n) is 13.9. The molecule has 124 valence electrons. The van der Waals surface area contributed by atoms with E-state index in [4.69, 9.17) is 9.47 Å². The van der Waals surface area contributed by atoms with E-state index in [1.165, 1.54) is 38.5 Å². The van der Waals surface area contributed by atoms with Crippen molar-refractivity contribution < 1.29 is 14.3 Å². The lowest BCUT2D eigenvalue weighted by atomic mass is 10.1. The van der Waals surface area contributed by atoms with Crippen molar-refractivity contribution in [3.63, 3.8) is 0 Å². The lowest BCUT2D eigenvalue weighted by Crippen LogP contribution is -2.29. The van der Waals surface area contributed by atoms with Crippen molar-refractivity contribution >= 4 is 6.16 Å². The van der Waals surface area contributed by atoms with Gasteiger partial charge in [-0.05, 0) is 38.6 Å². The minimum Gasteiger partial charge on any atom is -0.431 e. The summed E-state index contributed by atoms with van der Waals surface area (Å²) in [6, 6.07) is 0. The Morgan fingerprint density at radius 2 is 1.86 bits per heavy atom. The van der Waals surface area contributed by atoms with E-state index in [2.05, 4.69) is 19.2 Å². The fourth-order valence-corrected chi connectivity index (χ4v) is 2.71.